The third kappa shape index (κ3) is 3.00. The Kier molecular flexibility index (Phi) is 4.75. The molecule has 20 heavy (non-hydrogen) atoms. The van der Waals surface area contributed by atoms with Crippen molar-refractivity contribution in [1.82, 2.24) is 4.90 Å². The summed E-state index contributed by atoms with van der Waals surface area (Å²) >= 11 is 0. The normalized spacial score (nSPS) is 17.8. The van der Waals surface area contributed by atoms with Crippen molar-refractivity contribution in [1.29, 1.82) is 0 Å². The summed E-state index contributed by atoms with van der Waals surface area (Å²) in [5.41, 5.74) is 0.749. The molecule has 1 amide bonds. The van der Waals surface area contributed by atoms with E-state index in [4.69, 9.17) is 5.11 Å². The summed E-state index contributed by atoms with van der Waals surface area (Å²) in [6.45, 7) is 2.49. The topological polar surface area (TPSA) is 40.5 Å². The van der Waals surface area contributed by atoms with Gasteiger partial charge in [0.15, 0.2) is 0 Å². The molecule has 106 valence electrons. The molecule has 1 saturated heterocycles. The molecule has 0 aliphatic carbocycles. The number of benzene rings is 1. The number of hydrogen-bond acceptors (Lipinski definition) is 2. The van der Waals surface area contributed by atoms with Gasteiger partial charge in [0.1, 0.15) is 12.4 Å². The van der Waals surface area contributed by atoms with E-state index in [2.05, 4.69) is 18.8 Å². The lowest BCUT2D eigenvalue weighted by Gasteiger charge is -2.24. The van der Waals surface area contributed by atoms with E-state index in [1.54, 1.807) is 0 Å². The first-order chi connectivity index (χ1) is 9.67. The van der Waals surface area contributed by atoms with E-state index in [0.717, 1.165) is 25.8 Å². The minimum atomic E-state index is -0.433. The highest BCUT2D eigenvalue weighted by Crippen LogP contribution is 2.23. The van der Waals surface area contributed by atoms with E-state index < -0.39 is 5.82 Å². The summed E-state index contributed by atoms with van der Waals surface area (Å²) in [6, 6.07) is 4.25. The summed E-state index contributed by atoms with van der Waals surface area (Å²) in [4.78, 5) is 14.4. The number of hydrogen-bond donors (Lipinski definition) is 1. The number of amides is 1. The van der Waals surface area contributed by atoms with Crippen LogP contribution >= 0.6 is 0 Å². The maximum atomic E-state index is 13.3. The van der Waals surface area contributed by atoms with Crippen molar-refractivity contribution in [3.05, 3.63) is 35.1 Å². The van der Waals surface area contributed by atoms with Crippen molar-refractivity contribution < 1.29 is 14.3 Å². The predicted octanol–water partition coefficient (Wildman–Crippen LogP) is 2.18. The molecule has 1 aliphatic heterocycles. The molecule has 0 aromatic heterocycles. The second-order valence-electron chi connectivity index (χ2n) is 4.85. The van der Waals surface area contributed by atoms with Gasteiger partial charge in [-0.15, -0.1) is 0 Å². The lowest BCUT2D eigenvalue weighted by atomic mass is 10.1. The van der Waals surface area contributed by atoms with Crippen molar-refractivity contribution in [2.75, 3.05) is 13.2 Å². The van der Waals surface area contributed by atoms with Crippen LogP contribution in [0.1, 0.15) is 42.1 Å². The number of carbonyl (C=O) groups excluding carboxylic acids is 1. The molecule has 2 rings (SSSR count). The molecule has 1 aliphatic rings. The smallest absolute Gasteiger partial charge is 0.255 e. The van der Waals surface area contributed by atoms with Crippen LogP contribution in [0.5, 0.6) is 0 Å². The average molecular weight is 275 g/mol. The molecule has 1 unspecified atom stereocenters. The summed E-state index contributed by atoms with van der Waals surface area (Å²) in [7, 11) is 0. The number of aliphatic hydroxyl groups is 1. The zero-order valence-corrected chi connectivity index (χ0v) is 11.5. The van der Waals surface area contributed by atoms with Crippen molar-refractivity contribution >= 4 is 5.91 Å². The van der Waals surface area contributed by atoms with Crippen molar-refractivity contribution in [2.45, 2.75) is 32.2 Å². The van der Waals surface area contributed by atoms with Gasteiger partial charge in [-0.2, -0.15) is 0 Å². The van der Waals surface area contributed by atoms with Gasteiger partial charge in [0, 0.05) is 18.2 Å². The van der Waals surface area contributed by atoms with E-state index in [9.17, 15) is 9.18 Å². The Morgan fingerprint density at radius 2 is 2.35 bits per heavy atom. The van der Waals surface area contributed by atoms with Gasteiger partial charge < -0.3 is 10.0 Å². The second kappa shape index (κ2) is 6.53. The SMILES string of the molecule is CCC1CCCN1C(=O)c1ccc(F)cc1C#CCO. The Bertz CT molecular complexity index is 559. The first kappa shape index (κ1) is 14.5. The van der Waals surface area contributed by atoms with Crippen LogP contribution in [0.3, 0.4) is 0 Å². The molecule has 4 heteroatoms. The molecule has 3 nitrogen and oxygen atoms in total. The molecule has 1 aromatic rings. The molecule has 0 saturated carbocycles. The van der Waals surface area contributed by atoms with E-state index in [1.807, 2.05) is 4.90 Å². The van der Waals surface area contributed by atoms with Crippen LogP contribution in [-0.2, 0) is 0 Å². The summed E-state index contributed by atoms with van der Waals surface area (Å²) < 4.78 is 13.3. The highest BCUT2D eigenvalue weighted by Gasteiger charge is 2.29. The fraction of sp³-hybridized carbons (Fsp3) is 0.438. The minimum absolute atomic E-state index is 0.100. The summed E-state index contributed by atoms with van der Waals surface area (Å²) in [5.74, 6) is 4.59. The van der Waals surface area contributed by atoms with Crippen LogP contribution in [0, 0.1) is 17.7 Å². The van der Waals surface area contributed by atoms with Gasteiger partial charge in [-0.1, -0.05) is 18.8 Å². The molecular formula is C16H18FNO2. The van der Waals surface area contributed by atoms with E-state index in [-0.39, 0.29) is 18.6 Å². The van der Waals surface area contributed by atoms with Gasteiger partial charge in [0.25, 0.3) is 5.91 Å². The first-order valence-electron chi connectivity index (χ1n) is 6.87. The maximum absolute atomic E-state index is 13.3. The van der Waals surface area contributed by atoms with E-state index in [1.165, 1.54) is 18.2 Å². The Labute approximate surface area is 118 Å². The summed E-state index contributed by atoms with van der Waals surface area (Å²) in [6.07, 6.45) is 2.94. The third-order valence-corrected chi connectivity index (χ3v) is 3.62. The van der Waals surface area contributed by atoms with Gasteiger partial charge in [-0.25, -0.2) is 4.39 Å². The van der Waals surface area contributed by atoms with Gasteiger partial charge in [0.2, 0.25) is 0 Å². The monoisotopic (exact) mass is 275 g/mol. The van der Waals surface area contributed by atoms with Crippen LogP contribution in [0.15, 0.2) is 18.2 Å². The number of carbonyl (C=O) groups is 1. The fourth-order valence-electron chi connectivity index (χ4n) is 2.62. The zero-order chi connectivity index (χ0) is 14.5. The Morgan fingerprint density at radius 1 is 1.55 bits per heavy atom. The lowest BCUT2D eigenvalue weighted by molar-refractivity contribution is 0.0733. The predicted molar refractivity (Wildman–Crippen MR) is 74.7 cm³/mol. The van der Waals surface area contributed by atoms with E-state index in [0.29, 0.717) is 11.1 Å². The minimum Gasteiger partial charge on any atom is -0.384 e. The largest absolute Gasteiger partial charge is 0.384 e. The Morgan fingerprint density at radius 3 is 3.05 bits per heavy atom. The molecule has 1 N–H and O–H groups in total. The zero-order valence-electron chi connectivity index (χ0n) is 11.5. The molecule has 1 fully saturated rings. The average Bonchev–Trinajstić information content (AvgIpc) is 2.93. The molecule has 1 aromatic carbocycles. The van der Waals surface area contributed by atoms with Crippen LogP contribution in [0.2, 0.25) is 0 Å². The van der Waals surface area contributed by atoms with Crippen molar-refractivity contribution in [2.24, 2.45) is 0 Å². The highest BCUT2D eigenvalue weighted by atomic mass is 19.1. The van der Waals surface area contributed by atoms with Gasteiger partial charge in [-0.05, 0) is 37.5 Å². The first-order valence-corrected chi connectivity index (χ1v) is 6.87. The molecule has 0 radical (unpaired) electrons. The van der Waals surface area contributed by atoms with Crippen molar-refractivity contribution in [3.8, 4) is 11.8 Å². The number of likely N-dealkylation sites (tertiary alicyclic amines) is 1. The number of halogens is 1. The third-order valence-electron chi connectivity index (χ3n) is 3.62. The van der Waals surface area contributed by atoms with Gasteiger partial charge in [-0.3, -0.25) is 4.79 Å². The van der Waals surface area contributed by atoms with Crippen LogP contribution in [0.4, 0.5) is 4.39 Å². The molecule has 0 spiro atoms. The van der Waals surface area contributed by atoms with Crippen LogP contribution in [-0.4, -0.2) is 35.1 Å². The number of rotatable bonds is 2. The Balaban J connectivity index is 2.34. The summed E-state index contributed by atoms with van der Waals surface area (Å²) in [5, 5.41) is 8.76. The van der Waals surface area contributed by atoms with Gasteiger partial charge in [0.05, 0.1) is 5.56 Å². The molecule has 1 atom stereocenters. The molecular weight excluding hydrogens is 257 g/mol. The van der Waals surface area contributed by atoms with Gasteiger partial charge >= 0.3 is 0 Å². The maximum Gasteiger partial charge on any atom is 0.255 e. The number of nitrogens with zero attached hydrogens (tertiary/aromatic N) is 1. The second-order valence-corrected chi connectivity index (χ2v) is 4.85. The Hall–Kier alpha value is -1.86. The van der Waals surface area contributed by atoms with Crippen LogP contribution < -0.4 is 0 Å². The number of aliphatic hydroxyl groups excluding tert-OH is 1. The van der Waals surface area contributed by atoms with Crippen molar-refractivity contribution in [3.63, 3.8) is 0 Å². The standard InChI is InChI=1S/C16H18FNO2/c1-2-14-6-3-9-18(14)16(20)15-8-7-13(17)11-12(15)5-4-10-19/h7-8,11,14,19H,2-3,6,9-10H2,1H3. The highest BCUT2D eigenvalue weighted by molar-refractivity contribution is 5.97. The fourth-order valence-corrected chi connectivity index (χ4v) is 2.62. The molecule has 1 heterocycles. The quantitative estimate of drug-likeness (QED) is 0.840. The van der Waals surface area contributed by atoms with E-state index >= 15 is 0 Å². The lowest BCUT2D eigenvalue weighted by Crippen LogP contribution is -2.35. The van der Waals surface area contributed by atoms with Crippen LogP contribution in [0.25, 0.3) is 0 Å². The molecule has 0 bridgehead atoms.